The van der Waals surface area contributed by atoms with E-state index in [1.165, 1.54) is 0 Å². The Bertz CT molecular complexity index is 848. The van der Waals surface area contributed by atoms with Gasteiger partial charge in [-0.15, -0.1) is 0 Å². The summed E-state index contributed by atoms with van der Waals surface area (Å²) in [6.45, 7) is 0.774. The van der Waals surface area contributed by atoms with Gasteiger partial charge in [0, 0.05) is 6.07 Å². The number of hydrogen-bond acceptors (Lipinski definition) is 6. The fraction of sp³-hybridized carbons (Fsp3) is 0.263. The van der Waals surface area contributed by atoms with Crippen LogP contribution >= 0.6 is 0 Å². The lowest BCUT2D eigenvalue weighted by Crippen LogP contribution is -2.19. The van der Waals surface area contributed by atoms with Crippen LogP contribution in [0.2, 0.25) is 0 Å². The number of fused-ring (bicyclic) bond motifs is 1. The van der Waals surface area contributed by atoms with Crippen molar-refractivity contribution in [2.75, 3.05) is 13.7 Å². The lowest BCUT2D eigenvalue weighted by Gasteiger charge is -2.23. The molecule has 128 valence electrons. The minimum atomic E-state index is 0.0406. The van der Waals surface area contributed by atoms with Gasteiger partial charge in [0.2, 0.25) is 11.7 Å². The van der Waals surface area contributed by atoms with Crippen molar-refractivity contribution < 1.29 is 18.7 Å². The van der Waals surface area contributed by atoms with Gasteiger partial charge in [-0.25, -0.2) is 0 Å². The topological polar surface area (TPSA) is 66.6 Å². The van der Waals surface area contributed by atoms with Gasteiger partial charge in [-0.05, 0) is 30.2 Å². The number of nitrogens with zero attached hydrogens (tertiary/aromatic N) is 2. The summed E-state index contributed by atoms with van der Waals surface area (Å²) in [5.41, 5.74) is 1.11. The molecule has 1 aromatic heterocycles. The summed E-state index contributed by atoms with van der Waals surface area (Å²) >= 11 is 0. The van der Waals surface area contributed by atoms with Crippen LogP contribution in [0, 0.1) is 0 Å². The highest BCUT2D eigenvalue weighted by molar-refractivity contribution is 5.42. The highest BCUT2D eigenvalue weighted by Crippen LogP contribution is 2.34. The first-order valence-corrected chi connectivity index (χ1v) is 8.12. The predicted molar refractivity (Wildman–Crippen MR) is 90.0 cm³/mol. The molecule has 1 aliphatic heterocycles. The van der Waals surface area contributed by atoms with Crippen molar-refractivity contribution >= 4 is 0 Å². The van der Waals surface area contributed by atoms with Crippen LogP contribution in [0.5, 0.6) is 17.2 Å². The summed E-state index contributed by atoms with van der Waals surface area (Å²) in [5.74, 6) is 3.56. The molecule has 1 aliphatic rings. The second-order valence-corrected chi connectivity index (χ2v) is 5.84. The molecule has 4 rings (SSSR count). The standard InChI is InChI=1S/C19H18N2O4/c1-22-16-8-7-13-9-14(11-24-17(13)10-16)19-20-18(21-25-19)12-23-15-5-3-2-4-6-15/h2-8,10,14H,9,11-12H2,1H3. The average molecular weight is 338 g/mol. The summed E-state index contributed by atoms with van der Waals surface area (Å²) in [6, 6.07) is 15.4. The number of para-hydroxylation sites is 1. The van der Waals surface area contributed by atoms with E-state index in [0.29, 0.717) is 18.3 Å². The molecule has 0 saturated heterocycles. The molecule has 3 aromatic rings. The van der Waals surface area contributed by atoms with Gasteiger partial charge in [0.1, 0.15) is 23.9 Å². The van der Waals surface area contributed by atoms with E-state index in [2.05, 4.69) is 10.1 Å². The number of hydrogen-bond donors (Lipinski definition) is 0. The van der Waals surface area contributed by atoms with Gasteiger partial charge in [0.25, 0.3) is 0 Å². The summed E-state index contributed by atoms with van der Waals surface area (Å²) in [4.78, 5) is 4.45. The van der Waals surface area contributed by atoms with E-state index in [1.54, 1.807) is 7.11 Å². The Labute approximate surface area is 145 Å². The fourth-order valence-corrected chi connectivity index (χ4v) is 2.79. The molecule has 2 aromatic carbocycles. The van der Waals surface area contributed by atoms with Crippen molar-refractivity contribution in [3.05, 3.63) is 65.8 Å². The van der Waals surface area contributed by atoms with Crippen LogP contribution in [-0.4, -0.2) is 23.9 Å². The third kappa shape index (κ3) is 3.42. The smallest absolute Gasteiger partial charge is 0.233 e. The zero-order chi connectivity index (χ0) is 17.1. The Morgan fingerprint density at radius 1 is 1.12 bits per heavy atom. The van der Waals surface area contributed by atoms with Crippen molar-refractivity contribution in [1.82, 2.24) is 10.1 Å². The Hall–Kier alpha value is -3.02. The van der Waals surface area contributed by atoms with E-state index < -0.39 is 0 Å². The molecule has 0 amide bonds. The van der Waals surface area contributed by atoms with Crippen LogP contribution in [0.1, 0.15) is 23.2 Å². The normalized spacial score (nSPS) is 16.0. The molecule has 2 heterocycles. The first kappa shape index (κ1) is 15.5. The second-order valence-electron chi connectivity index (χ2n) is 5.84. The molecule has 0 spiro atoms. The summed E-state index contributed by atoms with van der Waals surface area (Å²) < 4.78 is 22.1. The maximum absolute atomic E-state index is 5.83. The predicted octanol–water partition coefficient (Wildman–Crippen LogP) is 3.38. The lowest BCUT2D eigenvalue weighted by atomic mass is 9.96. The van der Waals surface area contributed by atoms with Crippen LogP contribution in [0.15, 0.2) is 53.1 Å². The maximum Gasteiger partial charge on any atom is 0.233 e. The molecule has 0 saturated carbocycles. The molecule has 6 nitrogen and oxygen atoms in total. The molecule has 6 heteroatoms. The quantitative estimate of drug-likeness (QED) is 0.710. The van der Waals surface area contributed by atoms with E-state index >= 15 is 0 Å². The van der Waals surface area contributed by atoms with Gasteiger partial charge in [-0.3, -0.25) is 0 Å². The first-order chi connectivity index (χ1) is 12.3. The molecule has 0 N–H and O–H groups in total. The largest absolute Gasteiger partial charge is 0.497 e. The van der Waals surface area contributed by atoms with Gasteiger partial charge in [0.05, 0.1) is 13.0 Å². The van der Waals surface area contributed by atoms with Crippen molar-refractivity contribution in [3.63, 3.8) is 0 Å². The molecule has 0 radical (unpaired) electrons. The highest BCUT2D eigenvalue weighted by Gasteiger charge is 2.26. The number of aromatic nitrogens is 2. The van der Waals surface area contributed by atoms with Crippen molar-refractivity contribution in [1.29, 1.82) is 0 Å². The Morgan fingerprint density at radius 2 is 2.00 bits per heavy atom. The van der Waals surface area contributed by atoms with Gasteiger partial charge >= 0.3 is 0 Å². The molecular formula is C19H18N2O4. The Balaban J connectivity index is 1.42. The summed E-state index contributed by atoms with van der Waals surface area (Å²) in [5, 5.41) is 4.00. The summed E-state index contributed by atoms with van der Waals surface area (Å²) in [7, 11) is 1.64. The maximum atomic E-state index is 5.83. The molecule has 0 bridgehead atoms. The van der Waals surface area contributed by atoms with Crippen LogP contribution in [0.3, 0.4) is 0 Å². The highest BCUT2D eigenvalue weighted by atomic mass is 16.5. The first-order valence-electron chi connectivity index (χ1n) is 8.12. The van der Waals surface area contributed by atoms with E-state index in [4.69, 9.17) is 18.7 Å². The van der Waals surface area contributed by atoms with Gasteiger partial charge in [-0.2, -0.15) is 4.98 Å². The number of benzene rings is 2. The summed E-state index contributed by atoms with van der Waals surface area (Å²) in [6.07, 6.45) is 0.792. The van der Waals surface area contributed by atoms with Crippen molar-refractivity contribution in [2.24, 2.45) is 0 Å². The number of methoxy groups -OCH3 is 1. The fourth-order valence-electron chi connectivity index (χ4n) is 2.79. The number of rotatable bonds is 5. The molecule has 0 fully saturated rings. The minimum absolute atomic E-state index is 0.0406. The third-order valence-electron chi connectivity index (χ3n) is 4.12. The molecule has 1 unspecified atom stereocenters. The van der Waals surface area contributed by atoms with Gasteiger partial charge < -0.3 is 18.7 Å². The third-order valence-corrected chi connectivity index (χ3v) is 4.12. The van der Waals surface area contributed by atoms with Crippen molar-refractivity contribution in [2.45, 2.75) is 18.9 Å². The van der Waals surface area contributed by atoms with Gasteiger partial charge in [0.15, 0.2) is 6.61 Å². The zero-order valence-corrected chi connectivity index (χ0v) is 13.8. The SMILES string of the molecule is COc1ccc2c(c1)OCC(c1nc(COc3ccccc3)no1)C2. The van der Waals surface area contributed by atoms with E-state index in [-0.39, 0.29) is 12.5 Å². The molecule has 25 heavy (non-hydrogen) atoms. The van der Waals surface area contributed by atoms with Gasteiger partial charge in [-0.1, -0.05) is 29.4 Å². The molecule has 0 aliphatic carbocycles. The monoisotopic (exact) mass is 338 g/mol. The van der Waals surface area contributed by atoms with E-state index in [9.17, 15) is 0 Å². The Morgan fingerprint density at radius 3 is 2.84 bits per heavy atom. The van der Waals surface area contributed by atoms with E-state index in [1.807, 2.05) is 48.5 Å². The average Bonchev–Trinajstić information content (AvgIpc) is 3.15. The number of ether oxygens (including phenoxy) is 3. The van der Waals surface area contributed by atoms with Crippen LogP contribution in [0.4, 0.5) is 0 Å². The van der Waals surface area contributed by atoms with Crippen LogP contribution in [-0.2, 0) is 13.0 Å². The zero-order valence-electron chi connectivity index (χ0n) is 13.8. The van der Waals surface area contributed by atoms with Crippen molar-refractivity contribution in [3.8, 4) is 17.2 Å². The van der Waals surface area contributed by atoms with Crippen LogP contribution in [0.25, 0.3) is 0 Å². The molecular weight excluding hydrogens is 320 g/mol. The minimum Gasteiger partial charge on any atom is -0.497 e. The Kier molecular flexibility index (Phi) is 4.24. The lowest BCUT2D eigenvalue weighted by molar-refractivity contribution is 0.228. The van der Waals surface area contributed by atoms with E-state index in [0.717, 1.165) is 29.2 Å². The second kappa shape index (κ2) is 6.84. The van der Waals surface area contributed by atoms with Crippen LogP contribution < -0.4 is 14.2 Å². The molecule has 1 atom stereocenters.